The third kappa shape index (κ3) is 8.51. The largest absolute Gasteiger partial charge is 0.310 e. The molecule has 0 atom stereocenters. The van der Waals surface area contributed by atoms with Crippen molar-refractivity contribution < 1.29 is 0 Å². The molecule has 334 valence electrons. The lowest BCUT2D eigenvalue weighted by Crippen LogP contribution is -2.16. The van der Waals surface area contributed by atoms with Gasteiger partial charge in [-0.2, -0.15) is 0 Å². The molecule has 0 heterocycles. The first-order valence-corrected chi connectivity index (χ1v) is 24.3. The zero-order valence-electron chi connectivity index (χ0n) is 40.5. The molecule has 1 nitrogen and oxygen atoms in total. The average Bonchev–Trinajstić information content (AvgIpc) is 3.38. The van der Waals surface area contributed by atoms with Crippen LogP contribution in [0.1, 0.15) is 52.7 Å². The summed E-state index contributed by atoms with van der Waals surface area (Å²) in [7, 11) is 0. The normalized spacial score (nSPS) is 11.9. The number of benzene rings is 11. The Hall–Kier alpha value is -8.00. The lowest BCUT2D eigenvalue weighted by atomic mass is 9.78. The summed E-state index contributed by atoms with van der Waals surface area (Å²) >= 11 is 0. The summed E-state index contributed by atoms with van der Waals surface area (Å²) in [5, 5.41) is 7.50. The minimum absolute atomic E-state index is 0.00311. The van der Waals surface area contributed by atoms with Gasteiger partial charge in [-0.05, 0) is 141 Å². The number of para-hydroxylation sites is 1. The predicted molar refractivity (Wildman–Crippen MR) is 298 cm³/mol. The Labute approximate surface area is 408 Å². The van der Waals surface area contributed by atoms with Crippen LogP contribution in [0.15, 0.2) is 237 Å². The molecule has 0 fully saturated rings. The van der Waals surface area contributed by atoms with Crippen LogP contribution in [0.25, 0.3) is 88.0 Å². The molecule has 0 spiro atoms. The highest BCUT2D eigenvalue weighted by Crippen LogP contribution is 2.46. The van der Waals surface area contributed by atoms with Crippen molar-refractivity contribution in [3.63, 3.8) is 0 Å². The Morgan fingerprint density at radius 3 is 1.36 bits per heavy atom. The van der Waals surface area contributed by atoms with Crippen molar-refractivity contribution in [2.75, 3.05) is 4.90 Å². The Kier molecular flexibility index (Phi) is 11.1. The topological polar surface area (TPSA) is 3.24 Å². The van der Waals surface area contributed by atoms with E-state index in [1.165, 1.54) is 99.1 Å². The van der Waals surface area contributed by atoms with Crippen molar-refractivity contribution in [1.82, 2.24) is 0 Å². The minimum Gasteiger partial charge on any atom is -0.310 e. The molecule has 0 amide bonds. The Morgan fingerprint density at radius 1 is 0.275 bits per heavy atom. The predicted octanol–water partition coefficient (Wildman–Crippen LogP) is 19.5. The standard InChI is InChI=1S/C68H57N/c1-67(2,3)56-43-55(44-57(45-56)68(4,5)6)62-25-14-20-52-21-15-26-64(66(52)62)63-23-11-12-27-65(63)69(59-40-36-49(37-41-59)54-33-30-46-16-7-8-18-53(46)42-54)58-38-34-48(35-39-58)47-28-31-51(32-29-47)61-24-13-19-50-17-9-10-22-60(50)61/h7-45H,1-6H3. The van der Waals surface area contributed by atoms with Crippen LogP contribution in [0, 0.1) is 0 Å². The Balaban J connectivity index is 1.04. The summed E-state index contributed by atoms with van der Waals surface area (Å²) in [5.41, 5.74) is 18.1. The zero-order chi connectivity index (χ0) is 47.3. The first-order chi connectivity index (χ1) is 33.5. The molecule has 0 aliphatic carbocycles. The fourth-order valence-electron chi connectivity index (χ4n) is 10.1. The van der Waals surface area contributed by atoms with Gasteiger partial charge in [0.2, 0.25) is 0 Å². The summed E-state index contributed by atoms with van der Waals surface area (Å²) in [6.07, 6.45) is 0. The molecule has 69 heavy (non-hydrogen) atoms. The molecule has 0 aliphatic heterocycles. The lowest BCUT2D eigenvalue weighted by Gasteiger charge is -2.29. The molecule has 0 saturated heterocycles. The second-order valence-corrected chi connectivity index (χ2v) is 20.6. The Bertz CT molecular complexity index is 3610. The van der Waals surface area contributed by atoms with E-state index in [1.54, 1.807) is 0 Å². The molecule has 11 aromatic carbocycles. The Morgan fingerprint density at radius 2 is 0.725 bits per heavy atom. The molecular formula is C68H57N. The molecule has 0 saturated carbocycles. The second-order valence-electron chi connectivity index (χ2n) is 20.6. The first-order valence-electron chi connectivity index (χ1n) is 24.3. The van der Waals surface area contributed by atoms with Crippen LogP contribution < -0.4 is 4.90 Å². The number of anilines is 3. The molecule has 11 rings (SSSR count). The van der Waals surface area contributed by atoms with Gasteiger partial charge in [0.15, 0.2) is 0 Å². The first kappa shape index (κ1) is 43.6. The van der Waals surface area contributed by atoms with Crippen molar-refractivity contribution >= 4 is 49.4 Å². The molecule has 0 aromatic heterocycles. The van der Waals surface area contributed by atoms with Crippen molar-refractivity contribution in [1.29, 1.82) is 0 Å². The van der Waals surface area contributed by atoms with Gasteiger partial charge < -0.3 is 4.90 Å². The average molecular weight is 888 g/mol. The second kappa shape index (κ2) is 17.6. The van der Waals surface area contributed by atoms with Gasteiger partial charge >= 0.3 is 0 Å². The van der Waals surface area contributed by atoms with Crippen LogP contribution in [0.4, 0.5) is 17.1 Å². The number of fused-ring (bicyclic) bond motifs is 3. The molecule has 0 bridgehead atoms. The van der Waals surface area contributed by atoms with E-state index < -0.39 is 0 Å². The summed E-state index contributed by atoms with van der Waals surface area (Å²) in [5.74, 6) is 0. The number of hydrogen-bond acceptors (Lipinski definition) is 1. The third-order valence-corrected chi connectivity index (χ3v) is 14.0. The molecule has 11 aromatic rings. The molecule has 0 aliphatic rings. The molecular weight excluding hydrogens is 831 g/mol. The summed E-state index contributed by atoms with van der Waals surface area (Å²) in [6.45, 7) is 13.9. The quantitative estimate of drug-likeness (QED) is 0.147. The van der Waals surface area contributed by atoms with Gasteiger partial charge in [-0.3, -0.25) is 0 Å². The van der Waals surface area contributed by atoms with Gasteiger partial charge in [-0.15, -0.1) is 0 Å². The number of rotatable bonds is 8. The maximum atomic E-state index is 2.44. The van der Waals surface area contributed by atoms with Crippen LogP contribution in [0.5, 0.6) is 0 Å². The van der Waals surface area contributed by atoms with Crippen LogP contribution in [-0.4, -0.2) is 0 Å². The number of nitrogens with zero attached hydrogens (tertiary/aromatic N) is 1. The van der Waals surface area contributed by atoms with Gasteiger partial charge in [0.05, 0.1) is 5.69 Å². The molecule has 0 N–H and O–H groups in total. The zero-order valence-corrected chi connectivity index (χ0v) is 40.5. The van der Waals surface area contributed by atoms with Gasteiger partial charge in [0.1, 0.15) is 0 Å². The van der Waals surface area contributed by atoms with Crippen molar-refractivity contribution in [3.05, 3.63) is 248 Å². The fourth-order valence-corrected chi connectivity index (χ4v) is 10.1. The van der Waals surface area contributed by atoms with Gasteiger partial charge in [0.25, 0.3) is 0 Å². The van der Waals surface area contributed by atoms with E-state index in [2.05, 4.69) is 283 Å². The van der Waals surface area contributed by atoms with Crippen molar-refractivity contribution in [2.45, 2.75) is 52.4 Å². The van der Waals surface area contributed by atoms with Gasteiger partial charge in [-0.25, -0.2) is 0 Å². The third-order valence-electron chi connectivity index (χ3n) is 14.0. The van der Waals surface area contributed by atoms with Crippen LogP contribution in [-0.2, 0) is 10.8 Å². The van der Waals surface area contributed by atoms with E-state index >= 15 is 0 Å². The lowest BCUT2D eigenvalue weighted by molar-refractivity contribution is 0.569. The van der Waals surface area contributed by atoms with E-state index in [-0.39, 0.29) is 10.8 Å². The summed E-state index contributed by atoms with van der Waals surface area (Å²) < 4.78 is 0. The molecule has 1 heteroatoms. The maximum absolute atomic E-state index is 2.44. The van der Waals surface area contributed by atoms with E-state index in [0.29, 0.717) is 0 Å². The highest BCUT2D eigenvalue weighted by atomic mass is 15.1. The van der Waals surface area contributed by atoms with E-state index in [0.717, 1.165) is 17.1 Å². The van der Waals surface area contributed by atoms with E-state index in [1.807, 2.05) is 0 Å². The van der Waals surface area contributed by atoms with Crippen molar-refractivity contribution in [2.24, 2.45) is 0 Å². The smallest absolute Gasteiger partial charge is 0.0540 e. The maximum Gasteiger partial charge on any atom is 0.0540 e. The summed E-state index contributed by atoms with van der Waals surface area (Å²) in [4.78, 5) is 2.44. The number of hydrogen-bond donors (Lipinski definition) is 0. The minimum atomic E-state index is -0.00311. The van der Waals surface area contributed by atoms with E-state index in [4.69, 9.17) is 0 Å². The van der Waals surface area contributed by atoms with E-state index in [9.17, 15) is 0 Å². The van der Waals surface area contributed by atoms with Crippen LogP contribution >= 0.6 is 0 Å². The SMILES string of the molecule is CC(C)(C)c1cc(-c2cccc3cccc(-c4ccccc4N(c4ccc(-c5ccc(-c6cccc7ccccc67)cc5)cc4)c4ccc(-c5ccc6ccccc6c5)cc4)c23)cc(C(C)(C)C)c1. The highest BCUT2D eigenvalue weighted by Gasteiger charge is 2.24. The van der Waals surface area contributed by atoms with Gasteiger partial charge in [0, 0.05) is 16.9 Å². The fraction of sp³-hybridized carbons (Fsp3) is 0.118. The molecule has 0 unspecified atom stereocenters. The monoisotopic (exact) mass is 887 g/mol. The molecule has 0 radical (unpaired) electrons. The van der Waals surface area contributed by atoms with Crippen LogP contribution in [0.2, 0.25) is 0 Å². The van der Waals surface area contributed by atoms with Crippen LogP contribution in [0.3, 0.4) is 0 Å². The summed E-state index contributed by atoms with van der Waals surface area (Å²) in [6, 6.07) is 87.6. The van der Waals surface area contributed by atoms with Crippen molar-refractivity contribution in [3.8, 4) is 55.6 Å². The van der Waals surface area contributed by atoms with Gasteiger partial charge in [-0.1, -0.05) is 242 Å². The highest BCUT2D eigenvalue weighted by molar-refractivity contribution is 6.09.